The van der Waals surface area contributed by atoms with Crippen LogP contribution < -0.4 is 4.72 Å². The largest absolute Gasteiger partial charge is 0.416 e. The molecule has 0 saturated carbocycles. The minimum Gasteiger partial charge on any atom is -0.246 e. The molecule has 35 heavy (non-hydrogen) atoms. The van der Waals surface area contributed by atoms with Gasteiger partial charge in [-0.1, -0.05) is 54.1 Å². The number of nitrogens with zero attached hydrogens (tertiary/aromatic N) is 2. The van der Waals surface area contributed by atoms with E-state index in [2.05, 4.69) is 5.10 Å². The minimum atomic E-state index is -4.61. The van der Waals surface area contributed by atoms with Crippen LogP contribution in [0.1, 0.15) is 22.6 Å². The van der Waals surface area contributed by atoms with E-state index < -0.39 is 32.7 Å². The van der Waals surface area contributed by atoms with E-state index in [0.29, 0.717) is 28.4 Å². The molecule has 0 bridgehead atoms. The van der Waals surface area contributed by atoms with Gasteiger partial charge in [-0.25, -0.2) is 22.9 Å². The molecule has 4 rings (SSSR count). The van der Waals surface area contributed by atoms with Crippen LogP contribution in [0.25, 0.3) is 0 Å². The Kier molecular flexibility index (Phi) is 7.78. The van der Waals surface area contributed by atoms with Gasteiger partial charge in [0, 0.05) is 10.9 Å². The van der Waals surface area contributed by atoms with Crippen molar-refractivity contribution >= 4 is 45.8 Å². The fraction of sp³-hybridized carbons (Fsp3) is 0.130. The first-order valence-electron chi connectivity index (χ1n) is 9.95. The molecule has 0 spiro atoms. The smallest absolute Gasteiger partial charge is 0.246 e. The summed E-state index contributed by atoms with van der Waals surface area (Å²) in [6, 6.07) is 18.0. The summed E-state index contributed by atoms with van der Waals surface area (Å²) >= 11 is 5.97. The molecule has 3 aromatic rings. The molecule has 0 aromatic heterocycles. The SMILES string of the molecule is Cl.O=C(NS(=O)(=O)c1ccc(C(F)(F)F)cc1)N1C[C@@H](c2ccccc2)C(c2ccc(Cl)cc2)=N1. The van der Waals surface area contributed by atoms with Gasteiger partial charge >= 0.3 is 12.2 Å². The molecule has 184 valence electrons. The van der Waals surface area contributed by atoms with Gasteiger partial charge < -0.3 is 0 Å². The van der Waals surface area contributed by atoms with Crippen molar-refractivity contribution in [1.29, 1.82) is 0 Å². The Bertz CT molecular complexity index is 1330. The van der Waals surface area contributed by atoms with Gasteiger partial charge in [0.05, 0.1) is 22.7 Å². The van der Waals surface area contributed by atoms with E-state index >= 15 is 0 Å². The topological polar surface area (TPSA) is 78.8 Å². The molecule has 1 N–H and O–H groups in total. The third-order valence-electron chi connectivity index (χ3n) is 5.20. The van der Waals surface area contributed by atoms with Crippen LogP contribution in [0.5, 0.6) is 0 Å². The Balaban J connectivity index is 0.00000342. The van der Waals surface area contributed by atoms with Crippen LogP contribution >= 0.6 is 24.0 Å². The van der Waals surface area contributed by atoms with Crippen molar-refractivity contribution in [2.75, 3.05) is 6.54 Å². The molecule has 3 aromatic carbocycles. The zero-order valence-electron chi connectivity index (χ0n) is 17.7. The Hall–Kier alpha value is -3.08. The molecular formula is C23H18Cl2F3N3O3S. The molecule has 2 amide bonds. The Morgan fingerprint density at radius 1 is 0.971 bits per heavy atom. The number of sulfonamides is 1. The van der Waals surface area contributed by atoms with Crippen molar-refractivity contribution < 1.29 is 26.4 Å². The summed E-state index contributed by atoms with van der Waals surface area (Å²) in [6.07, 6.45) is -4.61. The summed E-state index contributed by atoms with van der Waals surface area (Å²) in [6.45, 7) is 0.0658. The summed E-state index contributed by atoms with van der Waals surface area (Å²) in [7, 11) is -4.42. The quantitative estimate of drug-likeness (QED) is 0.459. The van der Waals surface area contributed by atoms with Crippen LogP contribution in [0.2, 0.25) is 5.02 Å². The molecule has 1 aliphatic heterocycles. The highest BCUT2D eigenvalue weighted by Gasteiger charge is 2.34. The van der Waals surface area contributed by atoms with Crippen molar-refractivity contribution in [3.05, 3.63) is 101 Å². The second kappa shape index (κ2) is 10.3. The Morgan fingerprint density at radius 2 is 1.57 bits per heavy atom. The molecule has 1 atom stereocenters. The van der Waals surface area contributed by atoms with Crippen molar-refractivity contribution in [3.63, 3.8) is 0 Å². The fourth-order valence-electron chi connectivity index (χ4n) is 3.51. The van der Waals surface area contributed by atoms with E-state index in [1.54, 1.807) is 24.3 Å². The van der Waals surface area contributed by atoms with Gasteiger partial charge in [-0.3, -0.25) is 0 Å². The second-order valence-corrected chi connectivity index (χ2v) is 9.59. The molecule has 0 saturated heterocycles. The number of alkyl halides is 3. The monoisotopic (exact) mass is 543 g/mol. The van der Waals surface area contributed by atoms with Crippen molar-refractivity contribution in [2.24, 2.45) is 5.10 Å². The van der Waals surface area contributed by atoms with Crippen LogP contribution in [0.15, 0.2) is 88.9 Å². The first-order valence-corrected chi connectivity index (χ1v) is 11.8. The van der Waals surface area contributed by atoms with Crippen LogP contribution in [0, 0.1) is 0 Å². The summed E-state index contributed by atoms with van der Waals surface area (Å²) in [4.78, 5) is 12.3. The number of hydrazone groups is 1. The predicted octanol–water partition coefficient (Wildman–Crippen LogP) is 5.68. The third-order valence-corrected chi connectivity index (χ3v) is 6.79. The lowest BCUT2D eigenvalue weighted by Crippen LogP contribution is -2.39. The first kappa shape index (κ1) is 26.5. The average molecular weight is 544 g/mol. The fourth-order valence-corrected chi connectivity index (χ4v) is 4.58. The van der Waals surface area contributed by atoms with E-state index in [0.717, 1.165) is 22.7 Å². The van der Waals surface area contributed by atoms with Crippen molar-refractivity contribution in [1.82, 2.24) is 9.73 Å². The average Bonchev–Trinajstić information content (AvgIpc) is 3.25. The number of amides is 2. The maximum absolute atomic E-state index is 12.8. The zero-order chi connectivity index (χ0) is 24.5. The molecule has 12 heteroatoms. The highest BCUT2D eigenvalue weighted by molar-refractivity contribution is 7.90. The zero-order valence-corrected chi connectivity index (χ0v) is 20.1. The summed E-state index contributed by atoms with van der Waals surface area (Å²) in [5, 5.41) is 5.86. The van der Waals surface area contributed by atoms with Gasteiger partial charge in [-0.15, -0.1) is 12.4 Å². The van der Waals surface area contributed by atoms with E-state index in [1.807, 2.05) is 35.1 Å². The predicted molar refractivity (Wildman–Crippen MR) is 128 cm³/mol. The van der Waals surface area contributed by atoms with Crippen LogP contribution in [-0.4, -0.2) is 31.7 Å². The lowest BCUT2D eigenvalue weighted by molar-refractivity contribution is -0.137. The van der Waals surface area contributed by atoms with E-state index in [-0.39, 0.29) is 24.9 Å². The van der Waals surface area contributed by atoms with Gasteiger partial charge in [-0.05, 0) is 47.5 Å². The lowest BCUT2D eigenvalue weighted by Gasteiger charge is -2.16. The number of rotatable bonds is 4. The third kappa shape index (κ3) is 5.95. The molecular weight excluding hydrogens is 526 g/mol. The Labute approximate surface area is 210 Å². The van der Waals surface area contributed by atoms with E-state index in [9.17, 15) is 26.4 Å². The van der Waals surface area contributed by atoms with Crippen LogP contribution in [-0.2, 0) is 16.2 Å². The number of hydrogen-bond acceptors (Lipinski definition) is 4. The summed E-state index contributed by atoms with van der Waals surface area (Å²) < 4.78 is 65.3. The maximum Gasteiger partial charge on any atom is 0.416 e. The number of carbonyl (C=O) groups is 1. The van der Waals surface area contributed by atoms with Gasteiger partial charge in [0.1, 0.15) is 0 Å². The maximum atomic E-state index is 12.8. The van der Waals surface area contributed by atoms with Gasteiger partial charge in [0.2, 0.25) is 0 Å². The number of halogens is 5. The number of carbonyl (C=O) groups excluding carboxylic acids is 1. The number of nitrogens with one attached hydrogen (secondary N) is 1. The van der Waals surface area contributed by atoms with E-state index in [4.69, 9.17) is 11.6 Å². The number of hydrogen-bond donors (Lipinski definition) is 1. The van der Waals surface area contributed by atoms with Crippen molar-refractivity contribution in [2.45, 2.75) is 17.0 Å². The number of benzene rings is 3. The molecule has 0 fully saturated rings. The molecule has 1 heterocycles. The van der Waals surface area contributed by atoms with Gasteiger partial charge in [0.25, 0.3) is 10.0 Å². The second-order valence-electron chi connectivity index (χ2n) is 7.47. The number of urea groups is 1. The molecule has 0 unspecified atom stereocenters. The highest BCUT2D eigenvalue weighted by Crippen LogP contribution is 2.31. The normalized spacial score (nSPS) is 15.8. The molecule has 1 aliphatic rings. The summed E-state index contributed by atoms with van der Waals surface area (Å²) in [5.41, 5.74) is 1.13. The van der Waals surface area contributed by atoms with Crippen molar-refractivity contribution in [3.8, 4) is 0 Å². The first-order chi connectivity index (χ1) is 16.0. The van der Waals surface area contributed by atoms with Gasteiger partial charge in [-0.2, -0.15) is 18.3 Å². The summed E-state index contributed by atoms with van der Waals surface area (Å²) in [5.74, 6) is -0.332. The Morgan fingerprint density at radius 3 is 2.14 bits per heavy atom. The van der Waals surface area contributed by atoms with Crippen LogP contribution in [0.4, 0.5) is 18.0 Å². The van der Waals surface area contributed by atoms with Gasteiger partial charge in [0.15, 0.2) is 0 Å². The van der Waals surface area contributed by atoms with Crippen LogP contribution in [0.3, 0.4) is 0 Å². The highest BCUT2D eigenvalue weighted by atomic mass is 35.5. The molecule has 0 aliphatic carbocycles. The molecule has 0 radical (unpaired) electrons. The lowest BCUT2D eigenvalue weighted by atomic mass is 9.91. The van der Waals surface area contributed by atoms with E-state index in [1.165, 1.54) is 0 Å². The standard InChI is InChI=1S/C23H17ClF3N3O3S.ClH/c24-18-10-6-16(7-11-18)21-20(15-4-2-1-3-5-15)14-30(28-21)22(31)29-34(32,33)19-12-8-17(9-13-19)23(25,26)27;/h1-13,20H,14H2,(H,29,31);1H/t20-;/m0./s1. The minimum absolute atomic E-state index is 0. The molecule has 6 nitrogen and oxygen atoms in total.